The molecule has 0 aliphatic carbocycles. The molecule has 8 heteroatoms. The predicted molar refractivity (Wildman–Crippen MR) is 123 cm³/mol. The van der Waals surface area contributed by atoms with Crippen LogP contribution in [0.4, 0.5) is 5.13 Å². The van der Waals surface area contributed by atoms with E-state index >= 15 is 0 Å². The van der Waals surface area contributed by atoms with E-state index in [9.17, 15) is 13.2 Å². The van der Waals surface area contributed by atoms with Crippen molar-refractivity contribution in [2.24, 2.45) is 0 Å². The summed E-state index contributed by atoms with van der Waals surface area (Å²) in [7, 11) is -3.63. The summed E-state index contributed by atoms with van der Waals surface area (Å²) in [5.74, 6) is -0.295. The Labute approximate surface area is 181 Å². The van der Waals surface area contributed by atoms with Crippen LogP contribution in [0.1, 0.15) is 33.3 Å². The first kappa shape index (κ1) is 22.1. The lowest BCUT2D eigenvalue weighted by atomic mass is 10.2. The predicted octanol–water partition coefficient (Wildman–Crippen LogP) is 4.76. The van der Waals surface area contributed by atoms with E-state index < -0.39 is 10.0 Å². The summed E-state index contributed by atoms with van der Waals surface area (Å²) >= 11 is 1.25. The van der Waals surface area contributed by atoms with E-state index in [2.05, 4.69) is 10.3 Å². The molecule has 1 heterocycles. The number of nitrogens with zero attached hydrogens (tertiary/aromatic N) is 2. The molecule has 0 radical (unpaired) electrons. The number of aromatic nitrogens is 1. The minimum atomic E-state index is -3.63. The molecule has 0 unspecified atom stereocenters. The summed E-state index contributed by atoms with van der Waals surface area (Å²) in [4.78, 5) is 16.8. The highest BCUT2D eigenvalue weighted by atomic mass is 32.2. The van der Waals surface area contributed by atoms with E-state index in [1.807, 2.05) is 58.0 Å². The normalized spacial score (nSPS) is 12.5. The molecule has 30 heavy (non-hydrogen) atoms. The van der Waals surface area contributed by atoms with E-state index in [4.69, 9.17) is 0 Å². The molecule has 0 fully saturated rings. The number of rotatable bonds is 7. The van der Waals surface area contributed by atoms with E-state index in [0.717, 1.165) is 5.56 Å². The third-order valence-electron chi connectivity index (χ3n) is 4.41. The summed E-state index contributed by atoms with van der Waals surface area (Å²) in [5, 5.41) is 3.16. The number of sulfonamides is 1. The van der Waals surface area contributed by atoms with Gasteiger partial charge in [0.1, 0.15) is 0 Å². The number of anilines is 1. The van der Waals surface area contributed by atoms with Crippen molar-refractivity contribution in [3.63, 3.8) is 0 Å². The van der Waals surface area contributed by atoms with Crippen LogP contribution in [-0.2, 0) is 14.8 Å². The maximum absolute atomic E-state index is 13.1. The first-order valence-electron chi connectivity index (χ1n) is 9.66. The van der Waals surface area contributed by atoms with Crippen molar-refractivity contribution < 1.29 is 13.2 Å². The third-order valence-corrected chi connectivity index (χ3v) is 7.59. The molecule has 0 aliphatic rings. The van der Waals surface area contributed by atoms with Gasteiger partial charge in [0.15, 0.2) is 5.13 Å². The van der Waals surface area contributed by atoms with Crippen molar-refractivity contribution in [2.75, 3.05) is 5.32 Å². The second-order valence-electron chi connectivity index (χ2n) is 7.40. The first-order chi connectivity index (χ1) is 14.2. The fourth-order valence-electron chi connectivity index (χ4n) is 3.28. The molecule has 3 aromatic rings. The number of hydrogen-bond donors (Lipinski definition) is 1. The fourth-order valence-corrected chi connectivity index (χ4v) is 6.12. The van der Waals surface area contributed by atoms with E-state index in [1.165, 1.54) is 21.7 Å². The Balaban J connectivity index is 1.82. The molecule has 2 aromatic carbocycles. The van der Waals surface area contributed by atoms with Crippen molar-refractivity contribution in [1.82, 2.24) is 9.29 Å². The zero-order valence-electron chi connectivity index (χ0n) is 17.4. The average Bonchev–Trinajstić information content (AvgIpc) is 3.07. The van der Waals surface area contributed by atoms with Gasteiger partial charge in [0.25, 0.3) is 0 Å². The monoisotopic (exact) mass is 443 g/mol. The molecule has 1 amide bonds. The van der Waals surface area contributed by atoms with Crippen LogP contribution >= 0.6 is 11.3 Å². The van der Waals surface area contributed by atoms with Crippen molar-refractivity contribution in [2.45, 2.75) is 44.7 Å². The van der Waals surface area contributed by atoms with Gasteiger partial charge in [0.05, 0.1) is 15.1 Å². The first-order valence-corrected chi connectivity index (χ1v) is 11.9. The lowest BCUT2D eigenvalue weighted by Crippen LogP contribution is -2.41. The largest absolute Gasteiger partial charge is 0.298 e. The van der Waals surface area contributed by atoms with Crippen LogP contribution in [0.3, 0.4) is 0 Å². The van der Waals surface area contributed by atoms with Gasteiger partial charge in [0, 0.05) is 18.2 Å². The number of carbonyl (C=O) groups excluding carboxylic acids is 1. The van der Waals surface area contributed by atoms with E-state index in [1.54, 1.807) is 24.3 Å². The van der Waals surface area contributed by atoms with Crippen LogP contribution in [0.15, 0.2) is 59.5 Å². The zero-order chi connectivity index (χ0) is 21.9. The highest BCUT2D eigenvalue weighted by Gasteiger charge is 2.29. The van der Waals surface area contributed by atoms with Gasteiger partial charge < -0.3 is 0 Å². The van der Waals surface area contributed by atoms with Crippen LogP contribution in [0.5, 0.6) is 0 Å². The summed E-state index contributed by atoms with van der Waals surface area (Å²) in [6, 6.07) is 14.1. The van der Waals surface area contributed by atoms with Gasteiger partial charge in [0.2, 0.25) is 15.9 Å². The second kappa shape index (κ2) is 9.07. The smallest absolute Gasteiger partial charge is 0.250 e. The molecule has 0 saturated carbocycles. The minimum Gasteiger partial charge on any atom is -0.298 e. The number of fused-ring (bicyclic) bond motifs is 1. The number of thiazole rings is 1. The molecule has 0 atom stereocenters. The molecule has 0 saturated heterocycles. The summed E-state index contributed by atoms with van der Waals surface area (Å²) in [6.45, 7) is 7.44. The van der Waals surface area contributed by atoms with Crippen molar-refractivity contribution in [3.8, 4) is 0 Å². The van der Waals surface area contributed by atoms with Gasteiger partial charge in [-0.2, -0.15) is 4.31 Å². The van der Waals surface area contributed by atoms with Crippen molar-refractivity contribution in [1.29, 1.82) is 0 Å². The Morgan fingerprint density at radius 1 is 1.07 bits per heavy atom. The summed E-state index contributed by atoms with van der Waals surface area (Å²) in [5.41, 5.74) is 1.56. The number of hydrogen-bond acceptors (Lipinski definition) is 5. The van der Waals surface area contributed by atoms with E-state index in [0.29, 0.717) is 15.3 Å². The fraction of sp³-hybridized carbons (Fsp3) is 0.273. The molecule has 1 aromatic heterocycles. The number of nitrogens with one attached hydrogen (secondary N) is 1. The molecule has 3 rings (SSSR count). The van der Waals surface area contributed by atoms with Crippen LogP contribution in [0.25, 0.3) is 16.3 Å². The zero-order valence-corrected chi connectivity index (χ0v) is 19.0. The molecule has 1 N–H and O–H groups in total. The van der Waals surface area contributed by atoms with Gasteiger partial charge in [-0.15, -0.1) is 0 Å². The van der Waals surface area contributed by atoms with Crippen LogP contribution in [-0.4, -0.2) is 35.7 Å². The summed E-state index contributed by atoms with van der Waals surface area (Å²) in [6.07, 6.45) is 3.17. The van der Waals surface area contributed by atoms with Gasteiger partial charge in [-0.05, 0) is 57.5 Å². The Morgan fingerprint density at radius 3 is 2.37 bits per heavy atom. The SMILES string of the molecule is CC(C)N(C(C)C)S(=O)(=O)c1ccc2nc(NC(=O)C=Cc3ccccc3)sc2c1. The molecule has 0 aliphatic heterocycles. The lowest BCUT2D eigenvalue weighted by molar-refractivity contribution is -0.111. The Morgan fingerprint density at radius 2 is 1.73 bits per heavy atom. The molecule has 6 nitrogen and oxygen atoms in total. The molecule has 0 bridgehead atoms. The van der Waals surface area contributed by atoms with Crippen LogP contribution in [0.2, 0.25) is 0 Å². The lowest BCUT2D eigenvalue weighted by Gasteiger charge is -2.29. The Bertz CT molecular complexity index is 1160. The van der Waals surface area contributed by atoms with Gasteiger partial charge >= 0.3 is 0 Å². The Kier molecular flexibility index (Phi) is 6.70. The van der Waals surface area contributed by atoms with Gasteiger partial charge in [-0.1, -0.05) is 41.7 Å². The quantitative estimate of drug-likeness (QED) is 0.534. The Hall–Kier alpha value is -2.55. The topological polar surface area (TPSA) is 79.4 Å². The van der Waals surface area contributed by atoms with Crippen molar-refractivity contribution in [3.05, 3.63) is 60.2 Å². The molecule has 158 valence electrons. The van der Waals surface area contributed by atoms with Gasteiger partial charge in [-0.3, -0.25) is 10.1 Å². The third kappa shape index (κ3) is 4.95. The maximum Gasteiger partial charge on any atom is 0.250 e. The van der Waals surface area contributed by atoms with Crippen LogP contribution < -0.4 is 5.32 Å². The number of amides is 1. The molecular weight excluding hydrogens is 418 g/mol. The van der Waals surface area contributed by atoms with Gasteiger partial charge in [-0.25, -0.2) is 13.4 Å². The number of benzene rings is 2. The van der Waals surface area contributed by atoms with E-state index in [-0.39, 0.29) is 22.9 Å². The second-order valence-corrected chi connectivity index (χ2v) is 10.3. The highest BCUT2D eigenvalue weighted by molar-refractivity contribution is 7.89. The molecule has 0 spiro atoms. The average molecular weight is 444 g/mol. The van der Waals surface area contributed by atoms with Crippen molar-refractivity contribution >= 4 is 48.7 Å². The molecular formula is C22H25N3O3S2. The minimum absolute atomic E-state index is 0.154. The van der Waals surface area contributed by atoms with Crippen LogP contribution in [0, 0.1) is 0 Å². The highest BCUT2D eigenvalue weighted by Crippen LogP contribution is 2.30. The summed E-state index contributed by atoms with van der Waals surface area (Å²) < 4.78 is 28.4. The standard InChI is InChI=1S/C22H25N3O3S2/c1-15(2)25(16(3)4)30(27,28)18-11-12-19-20(14-18)29-22(23-19)24-21(26)13-10-17-8-6-5-7-9-17/h5-16H,1-4H3,(H,23,24,26). The maximum atomic E-state index is 13.1. The number of carbonyl (C=O) groups is 1.